The van der Waals surface area contributed by atoms with E-state index in [2.05, 4.69) is 0 Å². The molecule has 0 saturated heterocycles. The largest absolute Gasteiger partial charge is 0.480 e. The zero-order valence-corrected chi connectivity index (χ0v) is 14.4. The quantitative estimate of drug-likeness (QED) is 0.901. The molecule has 0 bridgehead atoms. The molecule has 1 aliphatic heterocycles. The number of aliphatic carboxylic acids is 1. The number of carboxylic acid groups (broad SMARTS) is 1. The molecule has 1 N–H and O–H groups in total. The van der Waals surface area contributed by atoms with Crippen LogP contribution in [-0.2, 0) is 27.6 Å². The molecule has 7 heteroatoms. The Labute approximate surface area is 145 Å². The predicted octanol–water partition coefficient (Wildman–Crippen LogP) is 1.74. The first-order valence-electron chi connectivity index (χ1n) is 7.68. The first-order valence-corrected chi connectivity index (χ1v) is 9.57. The third kappa shape index (κ3) is 3.41. The van der Waals surface area contributed by atoms with Gasteiger partial charge < -0.3 is 10.0 Å². The molecule has 0 radical (unpaired) electrons. The van der Waals surface area contributed by atoms with Gasteiger partial charge in [0.25, 0.3) is 5.91 Å². The van der Waals surface area contributed by atoms with Crippen molar-refractivity contribution in [3.05, 3.63) is 65.2 Å². The molecule has 25 heavy (non-hydrogen) atoms. The number of rotatable bonds is 3. The lowest BCUT2D eigenvalue weighted by Crippen LogP contribution is -2.48. The van der Waals surface area contributed by atoms with Crippen LogP contribution in [0, 0.1) is 0 Å². The Bertz CT molecular complexity index is 951. The van der Waals surface area contributed by atoms with Crippen molar-refractivity contribution >= 4 is 21.7 Å². The zero-order chi connectivity index (χ0) is 18.2. The summed E-state index contributed by atoms with van der Waals surface area (Å²) in [6.07, 6.45) is 1.29. The fourth-order valence-corrected chi connectivity index (χ4v) is 3.65. The highest BCUT2D eigenvalue weighted by Crippen LogP contribution is 2.25. The van der Waals surface area contributed by atoms with Gasteiger partial charge in [-0.3, -0.25) is 4.79 Å². The first-order chi connectivity index (χ1) is 11.8. The summed E-state index contributed by atoms with van der Waals surface area (Å²) < 4.78 is 23.4. The van der Waals surface area contributed by atoms with Gasteiger partial charge in [-0.15, -0.1) is 0 Å². The average molecular weight is 359 g/mol. The minimum atomic E-state index is -3.46. The smallest absolute Gasteiger partial charge is 0.326 e. The standard InChI is InChI=1S/C18H17NO5S/c1-25(23,24)15-8-4-7-13(9-15)17(20)19-11-14-6-3-2-5-12(14)10-16(19)18(21)22/h2-9,16H,10-11H2,1H3,(H,21,22). The number of hydrogen-bond acceptors (Lipinski definition) is 4. The van der Waals surface area contributed by atoms with Crippen LogP contribution < -0.4 is 0 Å². The molecule has 0 saturated carbocycles. The van der Waals surface area contributed by atoms with Crippen molar-refractivity contribution < 1.29 is 23.1 Å². The van der Waals surface area contributed by atoms with E-state index in [1.165, 1.54) is 29.2 Å². The predicted molar refractivity (Wildman–Crippen MR) is 91.0 cm³/mol. The molecule has 2 aromatic carbocycles. The summed E-state index contributed by atoms with van der Waals surface area (Å²) in [4.78, 5) is 25.8. The lowest BCUT2D eigenvalue weighted by molar-refractivity contribution is -0.142. The van der Waals surface area contributed by atoms with Crippen molar-refractivity contribution in [2.24, 2.45) is 0 Å². The topological polar surface area (TPSA) is 91.8 Å². The molecular formula is C18H17NO5S. The molecule has 130 valence electrons. The molecule has 1 amide bonds. The zero-order valence-electron chi connectivity index (χ0n) is 13.5. The molecule has 0 aromatic heterocycles. The fourth-order valence-electron chi connectivity index (χ4n) is 2.98. The Morgan fingerprint density at radius 2 is 1.76 bits per heavy atom. The van der Waals surface area contributed by atoms with Gasteiger partial charge in [-0.2, -0.15) is 0 Å². The van der Waals surface area contributed by atoms with Crippen LogP contribution in [-0.4, -0.2) is 42.6 Å². The summed E-state index contributed by atoms with van der Waals surface area (Å²) in [5.41, 5.74) is 1.96. The Hall–Kier alpha value is -2.67. The second-order valence-corrected chi connectivity index (χ2v) is 8.08. The van der Waals surface area contributed by atoms with Crippen LogP contribution >= 0.6 is 0 Å². The van der Waals surface area contributed by atoms with Crippen LogP contribution in [0.3, 0.4) is 0 Å². The summed E-state index contributed by atoms with van der Waals surface area (Å²) >= 11 is 0. The number of nitrogens with zero attached hydrogens (tertiary/aromatic N) is 1. The highest BCUT2D eigenvalue weighted by molar-refractivity contribution is 7.90. The molecule has 0 spiro atoms. The number of carbonyl (C=O) groups is 2. The molecule has 1 unspecified atom stereocenters. The van der Waals surface area contributed by atoms with Crippen LogP contribution in [0.5, 0.6) is 0 Å². The van der Waals surface area contributed by atoms with E-state index >= 15 is 0 Å². The number of hydrogen-bond donors (Lipinski definition) is 1. The van der Waals surface area contributed by atoms with E-state index < -0.39 is 27.8 Å². The van der Waals surface area contributed by atoms with E-state index in [4.69, 9.17) is 0 Å². The summed E-state index contributed by atoms with van der Waals surface area (Å²) in [7, 11) is -3.46. The Morgan fingerprint density at radius 3 is 2.40 bits per heavy atom. The Kier molecular flexibility index (Phi) is 4.34. The third-order valence-corrected chi connectivity index (χ3v) is 5.41. The lowest BCUT2D eigenvalue weighted by Gasteiger charge is -2.34. The second kappa shape index (κ2) is 6.33. The lowest BCUT2D eigenvalue weighted by atomic mass is 9.93. The number of carboxylic acids is 1. The van der Waals surface area contributed by atoms with Gasteiger partial charge in [0, 0.05) is 24.8 Å². The fraction of sp³-hybridized carbons (Fsp3) is 0.222. The van der Waals surface area contributed by atoms with Gasteiger partial charge in [-0.1, -0.05) is 30.3 Å². The molecule has 6 nitrogen and oxygen atoms in total. The van der Waals surface area contributed by atoms with Crippen LogP contribution in [0.4, 0.5) is 0 Å². The van der Waals surface area contributed by atoms with Gasteiger partial charge in [0.1, 0.15) is 6.04 Å². The average Bonchev–Trinajstić information content (AvgIpc) is 2.59. The maximum absolute atomic E-state index is 12.9. The number of sulfone groups is 1. The first kappa shape index (κ1) is 17.2. The highest BCUT2D eigenvalue weighted by atomic mass is 32.2. The molecule has 1 heterocycles. The highest BCUT2D eigenvalue weighted by Gasteiger charge is 2.35. The van der Waals surface area contributed by atoms with Crippen molar-refractivity contribution in [3.8, 4) is 0 Å². The van der Waals surface area contributed by atoms with Gasteiger partial charge in [-0.05, 0) is 29.3 Å². The van der Waals surface area contributed by atoms with Crippen LogP contribution in [0.2, 0.25) is 0 Å². The van der Waals surface area contributed by atoms with E-state index in [0.29, 0.717) is 0 Å². The second-order valence-electron chi connectivity index (χ2n) is 6.06. The number of benzene rings is 2. The van der Waals surface area contributed by atoms with E-state index in [-0.39, 0.29) is 23.4 Å². The van der Waals surface area contributed by atoms with Gasteiger partial charge in [0.15, 0.2) is 9.84 Å². The number of fused-ring (bicyclic) bond motifs is 1. The molecular weight excluding hydrogens is 342 g/mol. The molecule has 0 aliphatic carbocycles. The minimum absolute atomic E-state index is 0.0302. The molecule has 2 aromatic rings. The Balaban J connectivity index is 1.99. The summed E-state index contributed by atoms with van der Waals surface area (Å²) in [6, 6.07) is 12.1. The van der Waals surface area contributed by atoms with Crippen LogP contribution in [0.25, 0.3) is 0 Å². The van der Waals surface area contributed by atoms with E-state index in [1.54, 1.807) is 0 Å². The molecule has 0 fully saturated rings. The summed E-state index contributed by atoms with van der Waals surface area (Å²) in [5, 5.41) is 9.52. The van der Waals surface area contributed by atoms with Crippen molar-refractivity contribution in [2.45, 2.75) is 23.9 Å². The van der Waals surface area contributed by atoms with Crippen LogP contribution in [0.1, 0.15) is 21.5 Å². The van der Waals surface area contributed by atoms with E-state index in [0.717, 1.165) is 17.4 Å². The summed E-state index contributed by atoms with van der Waals surface area (Å²) in [6.45, 7) is 0.176. The molecule has 1 aliphatic rings. The SMILES string of the molecule is CS(=O)(=O)c1cccc(C(=O)N2Cc3ccccc3CC2C(=O)O)c1. The maximum Gasteiger partial charge on any atom is 0.326 e. The van der Waals surface area contributed by atoms with Crippen LogP contribution in [0.15, 0.2) is 53.4 Å². The Morgan fingerprint density at radius 1 is 1.08 bits per heavy atom. The summed E-state index contributed by atoms with van der Waals surface area (Å²) in [5.74, 6) is -1.57. The van der Waals surface area contributed by atoms with E-state index in [1.807, 2.05) is 24.3 Å². The number of carbonyl (C=O) groups excluding carboxylic acids is 1. The van der Waals surface area contributed by atoms with E-state index in [9.17, 15) is 23.1 Å². The third-order valence-electron chi connectivity index (χ3n) is 4.30. The molecule has 1 atom stereocenters. The van der Waals surface area contributed by atoms with Gasteiger partial charge in [0.2, 0.25) is 0 Å². The maximum atomic E-state index is 12.9. The number of amides is 1. The van der Waals surface area contributed by atoms with Gasteiger partial charge in [0.05, 0.1) is 4.90 Å². The van der Waals surface area contributed by atoms with Crippen molar-refractivity contribution in [1.82, 2.24) is 4.90 Å². The normalized spacial score (nSPS) is 17.0. The molecule has 3 rings (SSSR count). The monoisotopic (exact) mass is 359 g/mol. The van der Waals surface area contributed by atoms with Gasteiger partial charge in [-0.25, -0.2) is 13.2 Å². The van der Waals surface area contributed by atoms with Gasteiger partial charge >= 0.3 is 5.97 Å². The van der Waals surface area contributed by atoms with Crippen molar-refractivity contribution in [2.75, 3.05) is 6.26 Å². The minimum Gasteiger partial charge on any atom is -0.480 e. The van der Waals surface area contributed by atoms with Crippen molar-refractivity contribution in [3.63, 3.8) is 0 Å². The van der Waals surface area contributed by atoms with Crippen molar-refractivity contribution in [1.29, 1.82) is 0 Å².